The van der Waals surface area contributed by atoms with E-state index < -0.39 is 35.2 Å². The zero-order chi connectivity index (χ0) is 23.2. The fourth-order valence-corrected chi connectivity index (χ4v) is 5.31. The summed E-state index contributed by atoms with van der Waals surface area (Å²) in [5, 5.41) is 7.08. The summed E-state index contributed by atoms with van der Waals surface area (Å²) in [6.07, 6.45) is 3.77. The van der Waals surface area contributed by atoms with Gasteiger partial charge in [0.25, 0.3) is 17.4 Å². The Morgan fingerprint density at radius 2 is 2.09 bits per heavy atom. The number of halogens is 2. The van der Waals surface area contributed by atoms with Crippen LogP contribution < -0.4 is 16.5 Å². The molecule has 4 fully saturated rings. The molecule has 0 spiro atoms. The van der Waals surface area contributed by atoms with E-state index in [-0.39, 0.29) is 34.9 Å². The van der Waals surface area contributed by atoms with Crippen molar-refractivity contribution in [3.63, 3.8) is 0 Å². The van der Waals surface area contributed by atoms with Crippen LogP contribution in [0.1, 0.15) is 59.8 Å². The Labute approximate surface area is 188 Å². The lowest BCUT2D eigenvalue weighted by Crippen LogP contribution is -2.55. The van der Waals surface area contributed by atoms with Crippen molar-refractivity contribution in [1.29, 1.82) is 0 Å². The van der Waals surface area contributed by atoms with Gasteiger partial charge >= 0.3 is 0 Å². The molecule has 4 N–H and O–H groups in total. The van der Waals surface area contributed by atoms with Gasteiger partial charge in [-0.25, -0.2) is 9.40 Å². The molecule has 3 atom stereocenters. The molecular formula is C20H25ClFN5O5. The monoisotopic (exact) mass is 469 g/mol. The van der Waals surface area contributed by atoms with Crippen LogP contribution in [0.5, 0.6) is 0 Å². The number of hydrazine groups is 1. The number of hydrogen-bond acceptors (Lipinski definition) is 6. The average Bonchev–Trinajstić information content (AvgIpc) is 3.24. The van der Waals surface area contributed by atoms with E-state index in [0.717, 1.165) is 24.3 Å². The number of nitrogens with zero attached hydrogens (tertiary/aromatic N) is 2. The highest BCUT2D eigenvalue weighted by molar-refractivity contribution is 6.29. The minimum Gasteiger partial charge on any atom is -0.364 e. The summed E-state index contributed by atoms with van der Waals surface area (Å²) in [5.74, 6) is -3.55. The van der Waals surface area contributed by atoms with Crippen LogP contribution >= 0.6 is 11.6 Å². The van der Waals surface area contributed by atoms with Gasteiger partial charge in [-0.2, -0.15) is 0 Å². The van der Waals surface area contributed by atoms with Crippen molar-refractivity contribution >= 4 is 35.2 Å². The normalized spacial score (nSPS) is 27.5. The second-order valence-electron chi connectivity index (χ2n) is 9.10. The van der Waals surface area contributed by atoms with Gasteiger partial charge in [0.15, 0.2) is 5.69 Å². The molecule has 4 amide bonds. The van der Waals surface area contributed by atoms with Crippen molar-refractivity contribution in [1.82, 2.24) is 20.9 Å². The number of amides is 4. The van der Waals surface area contributed by atoms with Crippen molar-refractivity contribution in [3.8, 4) is 0 Å². The van der Waals surface area contributed by atoms with Gasteiger partial charge in [-0.1, -0.05) is 16.8 Å². The summed E-state index contributed by atoms with van der Waals surface area (Å²) in [4.78, 5) is 49.6. The number of carbonyl (C=O) groups is 4. The second-order valence-corrected chi connectivity index (χ2v) is 9.49. The summed E-state index contributed by atoms with van der Waals surface area (Å²) in [5.41, 5.74) is 5.55. The number of rotatable bonds is 8. The second kappa shape index (κ2) is 8.34. The number of carbonyl (C=O) groups excluding carboxylic acids is 4. The molecule has 0 unspecified atom stereocenters. The molecule has 10 nitrogen and oxygen atoms in total. The fourth-order valence-electron chi connectivity index (χ4n) is 5.19. The van der Waals surface area contributed by atoms with Crippen LogP contribution in [0, 0.1) is 24.2 Å². The third kappa shape index (κ3) is 4.05. The smallest absolute Gasteiger partial charge is 0.291 e. The van der Waals surface area contributed by atoms with Crippen molar-refractivity contribution in [2.24, 2.45) is 23.0 Å². The summed E-state index contributed by atoms with van der Waals surface area (Å²) >= 11 is 5.35. The maximum absolute atomic E-state index is 13.7. The Morgan fingerprint density at radius 3 is 2.59 bits per heavy atom. The first-order valence-corrected chi connectivity index (χ1v) is 11.0. The Hall–Kier alpha value is -2.69. The Kier molecular flexibility index (Phi) is 5.87. The minimum absolute atomic E-state index is 0.0272. The zero-order valence-corrected chi connectivity index (χ0v) is 18.3. The van der Waals surface area contributed by atoms with Gasteiger partial charge < -0.3 is 15.6 Å². The molecule has 12 heteroatoms. The lowest BCUT2D eigenvalue weighted by Gasteiger charge is -2.63. The number of aryl methyl sites for hydroxylation is 1. The highest BCUT2D eigenvalue weighted by Crippen LogP contribution is 2.67. The van der Waals surface area contributed by atoms with Crippen molar-refractivity contribution in [2.75, 3.05) is 13.1 Å². The molecule has 4 aliphatic rings. The predicted molar refractivity (Wildman–Crippen MR) is 109 cm³/mol. The van der Waals surface area contributed by atoms with E-state index in [1.165, 1.54) is 0 Å². The van der Waals surface area contributed by atoms with Crippen molar-refractivity contribution in [3.05, 3.63) is 17.0 Å². The zero-order valence-electron chi connectivity index (χ0n) is 17.5. The van der Waals surface area contributed by atoms with Gasteiger partial charge in [-0.15, -0.1) is 0 Å². The molecule has 32 heavy (non-hydrogen) atoms. The molecule has 1 aliphatic heterocycles. The summed E-state index contributed by atoms with van der Waals surface area (Å²) in [6.45, 7) is 1.77. The molecule has 0 radical (unpaired) electrons. The standard InChI is InChI=1S/C20H25ClFN5O5/c1-9-13(14(16(23)28)26-32-9)12(7-20-4-10(5-20)6-20)18(30)25-27(19(31)15(21)22)8-11-2-3-24-17(11)29/h10-12,15H,2-8H2,1H3,(H2,23,28)(H,24,29)(H,25,30)/t10?,11-,12-,15-,20?/m0/s1. The van der Waals surface area contributed by atoms with Crippen LogP contribution in [0.4, 0.5) is 4.39 Å². The number of aromatic nitrogens is 1. The molecule has 1 aromatic heterocycles. The maximum atomic E-state index is 13.7. The topological polar surface area (TPSA) is 148 Å². The van der Waals surface area contributed by atoms with Gasteiger partial charge in [0.05, 0.1) is 18.4 Å². The Morgan fingerprint density at radius 1 is 1.41 bits per heavy atom. The van der Waals surface area contributed by atoms with Gasteiger partial charge in [0, 0.05) is 12.1 Å². The highest BCUT2D eigenvalue weighted by atomic mass is 35.5. The molecule has 3 saturated carbocycles. The first-order valence-electron chi connectivity index (χ1n) is 10.5. The lowest BCUT2D eigenvalue weighted by atomic mass is 9.42. The van der Waals surface area contributed by atoms with Crippen molar-refractivity contribution in [2.45, 2.75) is 50.6 Å². The number of primary amides is 1. The van der Waals surface area contributed by atoms with E-state index in [2.05, 4.69) is 15.9 Å². The largest absolute Gasteiger partial charge is 0.364 e. The van der Waals surface area contributed by atoms with E-state index in [4.69, 9.17) is 21.9 Å². The number of nitrogens with two attached hydrogens (primary N) is 1. The Bertz CT molecular complexity index is 949. The molecular weight excluding hydrogens is 445 g/mol. The van der Waals surface area contributed by atoms with E-state index >= 15 is 0 Å². The molecule has 0 aromatic carbocycles. The summed E-state index contributed by atoms with van der Waals surface area (Å²) < 4.78 is 18.8. The van der Waals surface area contributed by atoms with Gasteiger partial charge in [-0.05, 0) is 50.4 Å². The van der Waals surface area contributed by atoms with E-state index in [1.54, 1.807) is 6.92 Å². The molecule has 2 bridgehead atoms. The average molecular weight is 470 g/mol. The number of hydrogen-bond donors (Lipinski definition) is 3. The fraction of sp³-hybridized carbons (Fsp3) is 0.650. The van der Waals surface area contributed by atoms with Crippen LogP contribution in [0.2, 0.25) is 0 Å². The van der Waals surface area contributed by atoms with Crippen LogP contribution in [-0.2, 0) is 14.4 Å². The van der Waals surface area contributed by atoms with Crippen LogP contribution in [0.3, 0.4) is 0 Å². The molecule has 1 aromatic rings. The van der Waals surface area contributed by atoms with Gasteiger partial charge in [-0.3, -0.25) is 24.6 Å². The highest BCUT2D eigenvalue weighted by Gasteiger charge is 2.58. The quantitative estimate of drug-likeness (QED) is 0.380. The van der Waals surface area contributed by atoms with Crippen molar-refractivity contribution < 1.29 is 28.1 Å². The third-order valence-corrected chi connectivity index (χ3v) is 7.06. The Balaban J connectivity index is 1.60. The van der Waals surface area contributed by atoms with Crippen LogP contribution in [0.25, 0.3) is 0 Å². The molecule has 2 heterocycles. The van der Waals surface area contributed by atoms with E-state index in [0.29, 0.717) is 25.3 Å². The molecule has 3 aliphatic carbocycles. The SMILES string of the molecule is Cc1onc(C(N)=O)c1[C@H](CC12CC(C1)C2)C(=O)NN(C[C@@H]1CCNC1=O)C(=O)[C@H](F)Cl. The van der Waals surface area contributed by atoms with Crippen LogP contribution in [-0.4, -0.2) is 52.5 Å². The minimum atomic E-state index is -2.39. The van der Waals surface area contributed by atoms with E-state index in [9.17, 15) is 23.6 Å². The maximum Gasteiger partial charge on any atom is 0.291 e. The molecule has 1 saturated heterocycles. The van der Waals surface area contributed by atoms with Gasteiger partial charge in [0.1, 0.15) is 5.76 Å². The third-order valence-electron chi connectivity index (χ3n) is 6.87. The molecule has 174 valence electrons. The number of alkyl halides is 2. The first kappa shape index (κ1) is 22.5. The van der Waals surface area contributed by atoms with Gasteiger partial charge in [0.2, 0.25) is 11.8 Å². The summed E-state index contributed by atoms with van der Waals surface area (Å²) in [6, 6.07) is 0. The predicted octanol–water partition coefficient (Wildman–Crippen LogP) is 0.886. The summed E-state index contributed by atoms with van der Waals surface area (Å²) in [7, 11) is 0. The lowest BCUT2D eigenvalue weighted by molar-refractivity contribution is -0.149. The van der Waals surface area contributed by atoms with Crippen LogP contribution in [0.15, 0.2) is 4.52 Å². The molecule has 5 rings (SSSR count). The number of nitrogens with one attached hydrogen (secondary N) is 2. The van der Waals surface area contributed by atoms with E-state index in [1.807, 2.05) is 0 Å². The first-order chi connectivity index (χ1) is 15.1.